The maximum Gasteiger partial charge on any atom is 0.238 e. The molecule has 0 saturated heterocycles. The average molecular weight is 341 g/mol. The van der Waals surface area contributed by atoms with Gasteiger partial charge in [0.15, 0.2) is 0 Å². The molecule has 1 aliphatic rings. The lowest BCUT2D eigenvalue weighted by Gasteiger charge is -2.17. The molecule has 19 heavy (non-hydrogen) atoms. The first kappa shape index (κ1) is 14.5. The lowest BCUT2D eigenvalue weighted by atomic mass is 9.89. The van der Waals surface area contributed by atoms with Crippen LogP contribution in [0.25, 0.3) is 0 Å². The van der Waals surface area contributed by atoms with Gasteiger partial charge in [-0.1, -0.05) is 29.8 Å². The Morgan fingerprint density at radius 2 is 2.42 bits per heavy atom. The number of nitriles is 1. The fraction of sp³-hybridized carbons (Fsp3) is 0.571. The second-order valence-electron chi connectivity index (χ2n) is 5.03. The summed E-state index contributed by atoms with van der Waals surface area (Å²) in [4.78, 5) is 13.0. The molecule has 0 bridgehead atoms. The summed E-state index contributed by atoms with van der Waals surface area (Å²) in [5.41, 5.74) is 1.83. The number of amides is 1. The van der Waals surface area contributed by atoms with Gasteiger partial charge in [0, 0.05) is 4.88 Å². The number of nitrogens with one attached hydrogen (secondary N) is 1. The van der Waals surface area contributed by atoms with Gasteiger partial charge in [0.1, 0.15) is 11.1 Å². The zero-order chi connectivity index (χ0) is 14.0. The molecule has 2 unspecified atom stereocenters. The lowest BCUT2D eigenvalue weighted by Crippen LogP contribution is -2.21. The highest BCUT2D eigenvalue weighted by Crippen LogP contribution is 2.39. The van der Waals surface area contributed by atoms with Crippen molar-refractivity contribution in [1.82, 2.24) is 0 Å². The molecule has 3 nitrogen and oxygen atoms in total. The summed E-state index contributed by atoms with van der Waals surface area (Å²) in [6.45, 7) is 4.18. The van der Waals surface area contributed by atoms with Crippen LogP contribution in [-0.2, 0) is 17.6 Å². The molecule has 2 rings (SSSR count). The van der Waals surface area contributed by atoms with E-state index in [0.717, 1.165) is 36.2 Å². The van der Waals surface area contributed by atoms with Gasteiger partial charge in [-0.25, -0.2) is 0 Å². The number of thiophene rings is 1. The summed E-state index contributed by atoms with van der Waals surface area (Å²) in [6, 6.07) is 2.26. The highest BCUT2D eigenvalue weighted by Gasteiger charge is 2.25. The van der Waals surface area contributed by atoms with Crippen molar-refractivity contribution in [2.75, 3.05) is 5.32 Å². The van der Waals surface area contributed by atoms with Crippen LogP contribution in [0.2, 0.25) is 0 Å². The van der Waals surface area contributed by atoms with E-state index in [-0.39, 0.29) is 10.7 Å². The quantitative estimate of drug-likeness (QED) is 0.849. The van der Waals surface area contributed by atoms with E-state index in [1.165, 1.54) is 4.88 Å². The van der Waals surface area contributed by atoms with Crippen molar-refractivity contribution in [3.63, 3.8) is 0 Å². The molecule has 0 spiro atoms. The third kappa shape index (κ3) is 3.01. The van der Waals surface area contributed by atoms with E-state index in [9.17, 15) is 10.1 Å². The number of hydrogen-bond donors (Lipinski definition) is 1. The van der Waals surface area contributed by atoms with Gasteiger partial charge in [0.2, 0.25) is 5.91 Å². The molecule has 1 aromatic rings. The van der Waals surface area contributed by atoms with Crippen molar-refractivity contribution >= 4 is 38.2 Å². The molecule has 0 fully saturated rings. The number of carbonyl (C=O) groups is 1. The normalized spacial score (nSPS) is 19.4. The Bertz CT molecular complexity index is 532. The molecular weight excluding hydrogens is 324 g/mol. The van der Waals surface area contributed by atoms with E-state index in [2.05, 4.69) is 34.2 Å². The Morgan fingerprint density at radius 3 is 3.05 bits per heavy atom. The zero-order valence-electron chi connectivity index (χ0n) is 11.1. The predicted octanol–water partition coefficient (Wildman–Crippen LogP) is 3.86. The Balaban J connectivity index is 2.27. The van der Waals surface area contributed by atoms with Crippen molar-refractivity contribution in [3.8, 4) is 6.07 Å². The first-order chi connectivity index (χ1) is 9.06. The predicted molar refractivity (Wildman–Crippen MR) is 81.9 cm³/mol. The van der Waals surface area contributed by atoms with Gasteiger partial charge in [-0.2, -0.15) is 5.26 Å². The number of halogens is 1. The third-order valence-corrected chi connectivity index (χ3v) is 5.74. The molecule has 0 saturated carbocycles. The summed E-state index contributed by atoms with van der Waals surface area (Å²) in [5, 5.41) is 13.0. The minimum absolute atomic E-state index is 0.0642. The largest absolute Gasteiger partial charge is 0.316 e. The maximum absolute atomic E-state index is 11.9. The van der Waals surface area contributed by atoms with Crippen LogP contribution >= 0.6 is 27.3 Å². The number of nitrogens with zero attached hydrogens (tertiary/aromatic N) is 1. The SMILES string of the molecule is CCC(Br)C(=O)Nc1sc2c(c1C#N)CCC(C)C2. The molecule has 1 amide bonds. The highest BCUT2D eigenvalue weighted by atomic mass is 79.9. The Morgan fingerprint density at radius 1 is 1.68 bits per heavy atom. The Labute approximate surface area is 126 Å². The molecule has 1 heterocycles. The van der Waals surface area contributed by atoms with Crippen LogP contribution < -0.4 is 5.32 Å². The first-order valence-corrected chi connectivity index (χ1v) is 8.29. The molecule has 102 valence electrons. The van der Waals surface area contributed by atoms with Crippen molar-refractivity contribution in [3.05, 3.63) is 16.0 Å². The van der Waals surface area contributed by atoms with Gasteiger partial charge >= 0.3 is 0 Å². The second kappa shape index (κ2) is 6.06. The summed E-state index contributed by atoms with van der Waals surface area (Å²) < 4.78 is 0. The van der Waals surface area contributed by atoms with E-state index < -0.39 is 0 Å². The van der Waals surface area contributed by atoms with Crippen LogP contribution in [0.3, 0.4) is 0 Å². The van der Waals surface area contributed by atoms with Crippen molar-refractivity contribution in [2.45, 2.75) is 44.4 Å². The molecule has 0 aromatic carbocycles. The summed E-state index contributed by atoms with van der Waals surface area (Å²) >= 11 is 4.91. The average Bonchev–Trinajstić information content (AvgIpc) is 2.73. The number of anilines is 1. The van der Waals surface area contributed by atoms with Crippen molar-refractivity contribution in [2.24, 2.45) is 5.92 Å². The molecule has 0 radical (unpaired) electrons. The fourth-order valence-electron chi connectivity index (χ4n) is 2.33. The van der Waals surface area contributed by atoms with E-state index in [4.69, 9.17) is 0 Å². The first-order valence-electron chi connectivity index (χ1n) is 6.56. The molecule has 2 atom stereocenters. The number of alkyl halides is 1. The number of rotatable bonds is 3. The van der Waals surface area contributed by atoms with E-state index >= 15 is 0 Å². The van der Waals surface area contributed by atoms with Crippen molar-refractivity contribution in [1.29, 1.82) is 5.26 Å². The van der Waals surface area contributed by atoms with Crippen LogP contribution in [0.15, 0.2) is 0 Å². The summed E-state index contributed by atoms with van der Waals surface area (Å²) in [7, 11) is 0. The van der Waals surface area contributed by atoms with Gasteiger partial charge in [-0.05, 0) is 37.2 Å². The van der Waals surface area contributed by atoms with Crippen LogP contribution in [0.4, 0.5) is 5.00 Å². The van der Waals surface area contributed by atoms with E-state index in [0.29, 0.717) is 11.5 Å². The van der Waals surface area contributed by atoms with Crippen molar-refractivity contribution < 1.29 is 4.79 Å². The molecule has 1 aliphatic carbocycles. The smallest absolute Gasteiger partial charge is 0.238 e. The minimum Gasteiger partial charge on any atom is -0.316 e. The van der Waals surface area contributed by atoms with Gasteiger partial charge in [-0.3, -0.25) is 4.79 Å². The number of hydrogen-bond acceptors (Lipinski definition) is 3. The Kier molecular flexibility index (Phi) is 4.64. The third-order valence-electron chi connectivity index (χ3n) is 3.50. The van der Waals surface area contributed by atoms with Gasteiger partial charge in [0.05, 0.1) is 10.4 Å². The number of fused-ring (bicyclic) bond motifs is 1. The summed E-state index contributed by atoms with van der Waals surface area (Å²) in [6.07, 6.45) is 3.84. The second-order valence-corrected chi connectivity index (χ2v) is 7.24. The molecule has 0 aliphatic heterocycles. The molecule has 1 N–H and O–H groups in total. The van der Waals surface area contributed by atoms with Crippen LogP contribution in [0.1, 0.15) is 42.7 Å². The van der Waals surface area contributed by atoms with Gasteiger partial charge in [0.25, 0.3) is 0 Å². The van der Waals surface area contributed by atoms with E-state index in [1.54, 1.807) is 11.3 Å². The summed E-state index contributed by atoms with van der Waals surface area (Å²) in [5.74, 6) is 0.603. The molecule has 5 heteroatoms. The number of carbonyl (C=O) groups excluding carboxylic acids is 1. The maximum atomic E-state index is 11.9. The van der Waals surface area contributed by atoms with Crippen LogP contribution in [-0.4, -0.2) is 10.7 Å². The van der Waals surface area contributed by atoms with Gasteiger partial charge in [-0.15, -0.1) is 11.3 Å². The van der Waals surface area contributed by atoms with E-state index in [1.807, 2.05) is 6.92 Å². The fourth-order valence-corrected chi connectivity index (χ4v) is 3.81. The topological polar surface area (TPSA) is 52.9 Å². The van der Waals surface area contributed by atoms with Gasteiger partial charge < -0.3 is 5.32 Å². The highest BCUT2D eigenvalue weighted by molar-refractivity contribution is 9.10. The molecular formula is C14H17BrN2OS. The minimum atomic E-state index is -0.197. The van der Waals surface area contributed by atoms with Crippen LogP contribution in [0, 0.1) is 17.2 Å². The lowest BCUT2D eigenvalue weighted by molar-refractivity contribution is -0.115. The standard InChI is InChI=1S/C14H17BrN2OS/c1-3-11(15)13(18)17-14-10(7-16)9-5-4-8(2)6-12(9)19-14/h8,11H,3-6H2,1-2H3,(H,17,18). The van der Waals surface area contributed by atoms with Crippen LogP contribution in [0.5, 0.6) is 0 Å². The monoisotopic (exact) mass is 340 g/mol. The zero-order valence-corrected chi connectivity index (χ0v) is 13.5. The Hall–Kier alpha value is -0.860. The molecule has 1 aromatic heterocycles.